The van der Waals surface area contributed by atoms with E-state index in [1.807, 2.05) is 0 Å². The molecule has 1 aromatic carbocycles. The topological polar surface area (TPSA) is 96.6 Å². The molecule has 0 spiro atoms. The maximum Gasteiger partial charge on any atom is 0.336 e. The maximum atomic E-state index is 11.9. The lowest BCUT2D eigenvalue weighted by molar-refractivity contribution is 0.198. The first-order valence-electron chi connectivity index (χ1n) is 5.60. The summed E-state index contributed by atoms with van der Waals surface area (Å²) in [6.07, 6.45) is -0.770. The molecule has 2 aromatic rings. The molecule has 0 fully saturated rings. The Bertz CT molecular complexity index is 748. The van der Waals surface area contributed by atoms with Crippen LogP contribution in [0, 0.1) is 0 Å². The molecule has 102 valence electrons. The third-order valence-electron chi connectivity index (χ3n) is 2.47. The molecule has 0 aliphatic rings. The fourth-order valence-corrected chi connectivity index (χ4v) is 2.69. The summed E-state index contributed by atoms with van der Waals surface area (Å²) in [4.78, 5) is 11.1. The van der Waals surface area contributed by atoms with Gasteiger partial charge in [-0.25, -0.2) is 17.9 Å². The van der Waals surface area contributed by atoms with Crippen LogP contribution in [-0.2, 0) is 10.0 Å². The number of hydrogen-bond acceptors (Lipinski definition) is 5. The Morgan fingerprint density at radius 1 is 1.32 bits per heavy atom. The van der Waals surface area contributed by atoms with Crippen LogP contribution in [0.25, 0.3) is 11.0 Å². The minimum absolute atomic E-state index is 0.0505. The summed E-state index contributed by atoms with van der Waals surface area (Å²) in [7, 11) is -3.69. The van der Waals surface area contributed by atoms with Crippen LogP contribution in [0.3, 0.4) is 0 Å². The molecule has 0 radical (unpaired) electrons. The fraction of sp³-hybridized carbons (Fsp3) is 0.250. The lowest BCUT2D eigenvalue weighted by Crippen LogP contribution is -2.30. The second kappa shape index (κ2) is 5.12. The molecule has 7 heteroatoms. The Morgan fingerprint density at radius 3 is 2.74 bits per heavy atom. The predicted molar refractivity (Wildman–Crippen MR) is 69.4 cm³/mol. The fourth-order valence-electron chi connectivity index (χ4n) is 1.53. The van der Waals surface area contributed by atoms with Crippen molar-refractivity contribution < 1.29 is 17.9 Å². The third-order valence-corrected chi connectivity index (χ3v) is 3.89. The third kappa shape index (κ3) is 3.19. The van der Waals surface area contributed by atoms with E-state index in [1.165, 1.54) is 37.3 Å². The number of rotatable bonds is 4. The van der Waals surface area contributed by atoms with Gasteiger partial charge in [-0.15, -0.1) is 0 Å². The Balaban J connectivity index is 2.40. The first kappa shape index (κ1) is 13.7. The van der Waals surface area contributed by atoms with Gasteiger partial charge in [-0.1, -0.05) is 0 Å². The molecule has 19 heavy (non-hydrogen) atoms. The van der Waals surface area contributed by atoms with E-state index in [-0.39, 0.29) is 11.4 Å². The molecule has 0 saturated carbocycles. The summed E-state index contributed by atoms with van der Waals surface area (Å²) >= 11 is 0. The monoisotopic (exact) mass is 283 g/mol. The van der Waals surface area contributed by atoms with Gasteiger partial charge in [0.05, 0.1) is 11.0 Å². The molecule has 1 heterocycles. The first-order valence-corrected chi connectivity index (χ1v) is 7.08. The van der Waals surface area contributed by atoms with Crippen molar-refractivity contribution in [1.29, 1.82) is 0 Å². The molecule has 0 bridgehead atoms. The van der Waals surface area contributed by atoms with E-state index < -0.39 is 21.8 Å². The molecule has 0 aliphatic heterocycles. The lowest BCUT2D eigenvalue weighted by Gasteiger charge is -2.08. The molecule has 0 saturated heterocycles. The Kier molecular flexibility index (Phi) is 3.70. The van der Waals surface area contributed by atoms with E-state index in [1.54, 1.807) is 0 Å². The first-order chi connectivity index (χ1) is 8.88. The summed E-state index contributed by atoms with van der Waals surface area (Å²) < 4.78 is 31.1. The van der Waals surface area contributed by atoms with E-state index in [9.17, 15) is 13.2 Å². The normalized spacial score (nSPS) is 13.6. The minimum atomic E-state index is -3.69. The van der Waals surface area contributed by atoms with Gasteiger partial charge in [-0.05, 0) is 31.2 Å². The van der Waals surface area contributed by atoms with Crippen molar-refractivity contribution in [2.75, 3.05) is 6.54 Å². The van der Waals surface area contributed by atoms with Crippen molar-refractivity contribution in [1.82, 2.24) is 4.72 Å². The summed E-state index contributed by atoms with van der Waals surface area (Å²) in [5.74, 6) is 0. The van der Waals surface area contributed by atoms with E-state index in [0.29, 0.717) is 11.0 Å². The number of sulfonamides is 1. The number of fused-ring (bicyclic) bond motifs is 1. The van der Waals surface area contributed by atoms with Crippen LogP contribution in [0.1, 0.15) is 6.92 Å². The highest BCUT2D eigenvalue weighted by Crippen LogP contribution is 2.17. The largest absolute Gasteiger partial charge is 0.423 e. The van der Waals surface area contributed by atoms with Gasteiger partial charge >= 0.3 is 5.63 Å². The zero-order chi connectivity index (χ0) is 14.0. The molecule has 1 atom stereocenters. The highest BCUT2D eigenvalue weighted by atomic mass is 32.2. The van der Waals surface area contributed by atoms with E-state index in [2.05, 4.69) is 4.72 Å². The van der Waals surface area contributed by atoms with Gasteiger partial charge in [0.1, 0.15) is 5.58 Å². The smallest absolute Gasteiger partial charge is 0.336 e. The summed E-state index contributed by atoms with van der Waals surface area (Å²) in [6, 6.07) is 6.89. The summed E-state index contributed by atoms with van der Waals surface area (Å²) in [5, 5.41) is 9.60. The van der Waals surface area contributed by atoms with Gasteiger partial charge in [-0.3, -0.25) is 0 Å². The number of aliphatic hydroxyl groups is 1. The van der Waals surface area contributed by atoms with Gasteiger partial charge in [0, 0.05) is 18.0 Å². The molecule has 6 nitrogen and oxygen atoms in total. The highest BCUT2D eigenvalue weighted by molar-refractivity contribution is 7.89. The maximum absolute atomic E-state index is 11.9. The van der Waals surface area contributed by atoms with Crippen LogP contribution in [-0.4, -0.2) is 26.2 Å². The van der Waals surface area contributed by atoms with E-state index >= 15 is 0 Å². The van der Waals surface area contributed by atoms with Crippen LogP contribution >= 0.6 is 0 Å². The second-order valence-electron chi connectivity index (χ2n) is 4.15. The van der Waals surface area contributed by atoms with Crippen LogP contribution in [0.2, 0.25) is 0 Å². The Morgan fingerprint density at radius 2 is 2.05 bits per heavy atom. The quantitative estimate of drug-likeness (QED) is 0.794. The molecular weight excluding hydrogens is 270 g/mol. The summed E-state index contributed by atoms with van der Waals surface area (Å²) in [6.45, 7) is 1.42. The van der Waals surface area contributed by atoms with Gasteiger partial charge in [0.15, 0.2) is 0 Å². The molecular formula is C12H13NO5S. The Labute approximate surface area is 109 Å². The average Bonchev–Trinajstić information content (AvgIpc) is 2.36. The number of aliphatic hydroxyl groups excluding tert-OH is 1. The van der Waals surface area contributed by atoms with Gasteiger partial charge in [-0.2, -0.15) is 0 Å². The van der Waals surface area contributed by atoms with Gasteiger partial charge in [0.2, 0.25) is 10.0 Å². The average molecular weight is 283 g/mol. The number of nitrogens with one attached hydrogen (secondary N) is 1. The molecule has 2 N–H and O–H groups in total. The van der Waals surface area contributed by atoms with Crippen molar-refractivity contribution in [3.8, 4) is 0 Å². The standard InChI is InChI=1S/C12H13NO5S/c1-8(14)7-13-19(16,17)10-3-4-11-9(6-10)2-5-12(15)18-11/h2-6,8,13-14H,7H2,1H3/t8-/m1/s1. The second-order valence-corrected chi connectivity index (χ2v) is 5.92. The lowest BCUT2D eigenvalue weighted by atomic mass is 10.2. The van der Waals surface area contributed by atoms with Crippen molar-refractivity contribution in [2.45, 2.75) is 17.9 Å². The molecule has 0 unspecified atom stereocenters. The van der Waals surface area contributed by atoms with E-state index in [4.69, 9.17) is 9.52 Å². The van der Waals surface area contributed by atoms with Crippen molar-refractivity contribution >= 4 is 21.0 Å². The SMILES string of the molecule is C[C@@H](O)CNS(=O)(=O)c1ccc2oc(=O)ccc2c1. The van der Waals surface area contributed by atoms with E-state index in [0.717, 1.165) is 0 Å². The van der Waals surface area contributed by atoms with Crippen molar-refractivity contribution in [3.05, 3.63) is 40.8 Å². The Hall–Kier alpha value is -1.70. The van der Waals surface area contributed by atoms with Gasteiger partial charge in [0.25, 0.3) is 0 Å². The minimum Gasteiger partial charge on any atom is -0.423 e. The van der Waals surface area contributed by atoms with Crippen LogP contribution < -0.4 is 10.3 Å². The van der Waals surface area contributed by atoms with Crippen LogP contribution in [0.15, 0.2) is 44.4 Å². The molecule has 0 amide bonds. The zero-order valence-electron chi connectivity index (χ0n) is 10.2. The predicted octanol–water partition coefficient (Wildman–Crippen LogP) is 0.452. The molecule has 0 aliphatic carbocycles. The van der Waals surface area contributed by atoms with Crippen molar-refractivity contribution in [2.24, 2.45) is 0 Å². The molecule has 2 rings (SSSR count). The van der Waals surface area contributed by atoms with Crippen LogP contribution in [0.4, 0.5) is 0 Å². The molecule has 1 aromatic heterocycles. The number of hydrogen-bond donors (Lipinski definition) is 2. The summed E-state index contributed by atoms with van der Waals surface area (Å²) in [5.41, 5.74) is -0.169. The highest BCUT2D eigenvalue weighted by Gasteiger charge is 2.15. The van der Waals surface area contributed by atoms with Crippen LogP contribution in [0.5, 0.6) is 0 Å². The van der Waals surface area contributed by atoms with Crippen molar-refractivity contribution in [3.63, 3.8) is 0 Å². The zero-order valence-corrected chi connectivity index (χ0v) is 11.0. The van der Waals surface area contributed by atoms with Gasteiger partial charge < -0.3 is 9.52 Å². The number of benzene rings is 1.